The third-order valence-electron chi connectivity index (χ3n) is 6.34. The van der Waals surface area contributed by atoms with Crippen LogP contribution < -0.4 is 4.90 Å². The number of rotatable bonds is 2. The first-order chi connectivity index (χ1) is 17.0. The molecular formula is C27H31FN6O2. The number of amides is 1. The summed E-state index contributed by atoms with van der Waals surface area (Å²) in [5.74, 6) is 0.0454. The van der Waals surface area contributed by atoms with Crippen LogP contribution in [0.25, 0.3) is 27.9 Å². The van der Waals surface area contributed by atoms with Crippen molar-refractivity contribution in [3.05, 3.63) is 54.4 Å². The average Bonchev–Trinajstić information content (AvgIpc) is 3.17. The number of pyridine rings is 1. The number of halogens is 1. The number of hydrogen-bond donors (Lipinski definition) is 0. The summed E-state index contributed by atoms with van der Waals surface area (Å²) in [7, 11) is 0. The van der Waals surface area contributed by atoms with Crippen molar-refractivity contribution in [3.8, 4) is 11.4 Å². The minimum absolute atomic E-state index is 0.00505. The molecule has 0 unspecified atom stereocenters. The molecule has 1 aromatic carbocycles. The first-order valence-electron chi connectivity index (χ1n) is 12.2. The fourth-order valence-corrected chi connectivity index (χ4v) is 4.87. The van der Waals surface area contributed by atoms with Crippen LogP contribution in [-0.4, -0.2) is 61.1 Å². The van der Waals surface area contributed by atoms with Gasteiger partial charge in [-0.25, -0.2) is 24.1 Å². The van der Waals surface area contributed by atoms with Gasteiger partial charge in [0.25, 0.3) is 0 Å². The number of aromatic nitrogens is 4. The van der Waals surface area contributed by atoms with Gasteiger partial charge in [-0.15, -0.1) is 0 Å². The fraction of sp³-hybridized carbons (Fsp3) is 0.407. The topological polar surface area (TPSA) is 75.9 Å². The van der Waals surface area contributed by atoms with E-state index in [0.29, 0.717) is 24.5 Å². The normalized spacial score (nSPS) is 18.8. The van der Waals surface area contributed by atoms with Crippen LogP contribution in [0.15, 0.2) is 42.9 Å². The van der Waals surface area contributed by atoms with Crippen LogP contribution in [0, 0.1) is 12.7 Å². The lowest BCUT2D eigenvalue weighted by Crippen LogP contribution is -2.59. The molecule has 4 aromatic rings. The van der Waals surface area contributed by atoms with Crippen molar-refractivity contribution >= 4 is 28.3 Å². The van der Waals surface area contributed by atoms with E-state index >= 15 is 0 Å². The predicted molar refractivity (Wildman–Crippen MR) is 138 cm³/mol. The van der Waals surface area contributed by atoms with Crippen molar-refractivity contribution in [2.75, 3.05) is 18.0 Å². The van der Waals surface area contributed by atoms with Crippen molar-refractivity contribution in [1.82, 2.24) is 24.3 Å². The number of imidazole rings is 1. The maximum Gasteiger partial charge on any atom is 0.410 e. The summed E-state index contributed by atoms with van der Waals surface area (Å²) in [6.45, 7) is 12.9. The first kappa shape index (κ1) is 24.0. The van der Waals surface area contributed by atoms with Crippen LogP contribution in [0.1, 0.15) is 40.3 Å². The van der Waals surface area contributed by atoms with Crippen molar-refractivity contribution in [2.45, 2.75) is 59.2 Å². The Morgan fingerprint density at radius 1 is 1.08 bits per heavy atom. The zero-order chi connectivity index (χ0) is 25.8. The van der Waals surface area contributed by atoms with Gasteiger partial charge >= 0.3 is 6.09 Å². The second-order valence-electron chi connectivity index (χ2n) is 10.6. The van der Waals surface area contributed by atoms with Crippen LogP contribution in [0.3, 0.4) is 0 Å². The SMILES string of the molecule is Cc1cn2cc(-c3ncc4cc(N5C[C@H](C)N(C(=O)OC(C)(C)C)[C@@H](C)C5)ccc4n3)cc(F)c2n1. The van der Waals surface area contributed by atoms with E-state index in [2.05, 4.69) is 25.9 Å². The second kappa shape index (κ2) is 8.72. The molecule has 1 aliphatic rings. The number of carbonyl (C=O) groups excluding carboxylic acids is 1. The van der Waals surface area contributed by atoms with Gasteiger partial charge in [-0.2, -0.15) is 0 Å². The van der Waals surface area contributed by atoms with E-state index in [1.165, 1.54) is 6.07 Å². The third kappa shape index (κ3) is 4.57. The summed E-state index contributed by atoms with van der Waals surface area (Å²) in [6.07, 6.45) is 5.06. The van der Waals surface area contributed by atoms with Crippen molar-refractivity contribution in [3.63, 3.8) is 0 Å². The van der Waals surface area contributed by atoms with Crippen LogP contribution in [0.4, 0.5) is 14.9 Å². The molecule has 0 N–H and O–H groups in total. The lowest BCUT2D eigenvalue weighted by atomic mass is 10.1. The van der Waals surface area contributed by atoms with Gasteiger partial charge in [0, 0.05) is 48.3 Å². The molecule has 188 valence electrons. The first-order valence-corrected chi connectivity index (χ1v) is 12.2. The Bertz CT molecular complexity index is 1450. The zero-order valence-electron chi connectivity index (χ0n) is 21.5. The summed E-state index contributed by atoms with van der Waals surface area (Å²) in [5, 5.41) is 0.895. The average molecular weight is 491 g/mol. The monoisotopic (exact) mass is 490 g/mol. The molecule has 3 aromatic heterocycles. The van der Waals surface area contributed by atoms with Crippen LogP contribution in [0.5, 0.6) is 0 Å². The van der Waals surface area contributed by atoms with E-state index in [4.69, 9.17) is 4.74 Å². The summed E-state index contributed by atoms with van der Waals surface area (Å²) >= 11 is 0. The zero-order valence-corrected chi connectivity index (χ0v) is 21.5. The van der Waals surface area contributed by atoms with Crippen molar-refractivity contribution in [1.29, 1.82) is 0 Å². The molecule has 2 atom stereocenters. The Hall–Kier alpha value is -3.75. The van der Waals surface area contributed by atoms with Gasteiger partial charge in [0.2, 0.25) is 0 Å². The third-order valence-corrected chi connectivity index (χ3v) is 6.34. The maximum absolute atomic E-state index is 14.6. The van der Waals surface area contributed by atoms with Gasteiger partial charge in [0.15, 0.2) is 17.3 Å². The Kier molecular flexibility index (Phi) is 5.81. The Morgan fingerprint density at radius 2 is 1.81 bits per heavy atom. The number of carbonyl (C=O) groups is 1. The van der Waals surface area contributed by atoms with E-state index in [9.17, 15) is 9.18 Å². The number of benzene rings is 1. The smallest absolute Gasteiger partial charge is 0.410 e. The van der Waals surface area contributed by atoms with E-state index in [1.54, 1.807) is 23.0 Å². The fourth-order valence-electron chi connectivity index (χ4n) is 4.87. The molecule has 8 nitrogen and oxygen atoms in total. The number of hydrogen-bond acceptors (Lipinski definition) is 6. The quantitative estimate of drug-likeness (QED) is 0.383. The summed E-state index contributed by atoms with van der Waals surface area (Å²) < 4.78 is 21.8. The van der Waals surface area contributed by atoms with E-state index in [1.807, 2.05) is 58.6 Å². The summed E-state index contributed by atoms with van der Waals surface area (Å²) in [5.41, 5.74) is 2.91. The van der Waals surface area contributed by atoms with Crippen LogP contribution in [-0.2, 0) is 4.74 Å². The Morgan fingerprint density at radius 3 is 2.50 bits per heavy atom. The van der Waals surface area contributed by atoms with Gasteiger partial charge in [-0.1, -0.05) is 0 Å². The number of aryl methyl sites for hydroxylation is 1. The lowest BCUT2D eigenvalue weighted by molar-refractivity contribution is 0.00566. The molecule has 36 heavy (non-hydrogen) atoms. The van der Waals surface area contributed by atoms with E-state index in [0.717, 1.165) is 22.3 Å². The standard InChI is InChI=1S/C27H31FN6O2/c1-16-12-33-15-20(10-22(28)25(33)30-16)24-29-11-19-9-21(7-8-23(19)31-24)32-13-17(2)34(18(3)14-32)26(35)36-27(4,5)6/h7-12,15,17-18H,13-14H2,1-6H3/t17-,18-/m0/s1. The molecule has 0 spiro atoms. The van der Waals surface area contributed by atoms with Gasteiger partial charge < -0.3 is 14.0 Å². The number of fused-ring (bicyclic) bond motifs is 2. The minimum atomic E-state index is -0.528. The lowest BCUT2D eigenvalue weighted by Gasteiger charge is -2.45. The molecule has 9 heteroatoms. The molecule has 1 amide bonds. The maximum atomic E-state index is 14.6. The van der Waals surface area contributed by atoms with Crippen molar-refractivity contribution < 1.29 is 13.9 Å². The molecule has 1 aliphatic heterocycles. The van der Waals surface area contributed by atoms with Gasteiger partial charge in [0.05, 0.1) is 23.3 Å². The number of ether oxygens (including phenoxy) is 1. The highest BCUT2D eigenvalue weighted by atomic mass is 19.1. The molecule has 0 aliphatic carbocycles. The molecular weight excluding hydrogens is 459 g/mol. The van der Waals surface area contributed by atoms with Crippen LogP contribution in [0.2, 0.25) is 0 Å². The molecule has 0 bridgehead atoms. The largest absolute Gasteiger partial charge is 0.444 e. The number of nitrogens with zero attached hydrogens (tertiary/aromatic N) is 6. The highest BCUT2D eigenvalue weighted by molar-refractivity contribution is 5.83. The summed E-state index contributed by atoms with van der Waals surface area (Å²) in [6, 6.07) is 7.46. The van der Waals surface area contributed by atoms with Crippen molar-refractivity contribution in [2.24, 2.45) is 0 Å². The van der Waals surface area contributed by atoms with E-state index in [-0.39, 0.29) is 23.8 Å². The highest BCUT2D eigenvalue weighted by Gasteiger charge is 2.35. The minimum Gasteiger partial charge on any atom is -0.444 e. The highest BCUT2D eigenvalue weighted by Crippen LogP contribution is 2.28. The molecule has 4 heterocycles. The number of anilines is 1. The van der Waals surface area contributed by atoms with Gasteiger partial charge in [0.1, 0.15) is 5.60 Å². The molecule has 0 saturated carbocycles. The van der Waals surface area contributed by atoms with Gasteiger partial charge in [-0.3, -0.25) is 4.90 Å². The molecule has 5 rings (SSSR count). The molecule has 0 radical (unpaired) electrons. The van der Waals surface area contributed by atoms with Crippen LogP contribution >= 0.6 is 0 Å². The Balaban J connectivity index is 1.38. The van der Waals surface area contributed by atoms with E-state index < -0.39 is 11.4 Å². The molecule has 1 fully saturated rings. The Labute approximate surface area is 209 Å². The second-order valence-corrected chi connectivity index (χ2v) is 10.6. The van der Waals surface area contributed by atoms with Gasteiger partial charge in [-0.05, 0) is 65.8 Å². The summed E-state index contributed by atoms with van der Waals surface area (Å²) in [4.78, 5) is 30.2. The molecule has 1 saturated heterocycles. The predicted octanol–water partition coefficient (Wildman–Crippen LogP) is 5.23. The number of piperazine rings is 1.